The van der Waals surface area contributed by atoms with Crippen LogP contribution in [0.25, 0.3) is 127 Å². The van der Waals surface area contributed by atoms with E-state index in [0.29, 0.717) is 0 Å². The maximum Gasteiger partial charge on any atom is 0.0722 e. The number of nitrogens with zero attached hydrogens (tertiary/aromatic N) is 1. The fourth-order valence-electron chi connectivity index (χ4n) is 10.6. The summed E-state index contributed by atoms with van der Waals surface area (Å²) in [7, 11) is 0. The summed E-state index contributed by atoms with van der Waals surface area (Å²) in [5.74, 6) is 0. The van der Waals surface area contributed by atoms with Crippen LogP contribution in [0.3, 0.4) is 0 Å². The average molecular weight is 838 g/mol. The van der Waals surface area contributed by atoms with Crippen LogP contribution >= 0.6 is 0 Å². The summed E-state index contributed by atoms with van der Waals surface area (Å²) in [5.41, 5.74) is 18.0. The summed E-state index contributed by atoms with van der Waals surface area (Å²) in [6.45, 7) is 0. The Labute approximate surface area is 384 Å². The Hall–Kier alpha value is -8.39. The number of aryl methyl sites for hydroxylation is 1. The molecule has 0 amide bonds. The molecule has 13 rings (SSSR count). The van der Waals surface area contributed by atoms with E-state index in [1.165, 1.54) is 115 Å². The summed E-state index contributed by atoms with van der Waals surface area (Å²) in [4.78, 5) is 5.19. The fourth-order valence-corrected chi connectivity index (χ4v) is 10.6. The van der Waals surface area contributed by atoms with Crippen LogP contribution < -0.4 is 0 Å². The molecule has 0 radical (unpaired) electrons. The zero-order valence-corrected chi connectivity index (χ0v) is 36.4. The Morgan fingerprint density at radius 3 is 1.50 bits per heavy atom. The van der Waals surface area contributed by atoms with Gasteiger partial charge in [-0.1, -0.05) is 206 Å². The molecule has 11 aromatic carbocycles. The van der Waals surface area contributed by atoms with Crippen molar-refractivity contribution in [3.63, 3.8) is 0 Å². The van der Waals surface area contributed by atoms with E-state index in [1.807, 2.05) is 0 Å². The van der Waals surface area contributed by atoms with Gasteiger partial charge in [-0.15, -0.1) is 0 Å². The zero-order valence-electron chi connectivity index (χ0n) is 36.4. The number of rotatable bonds is 6. The lowest BCUT2D eigenvalue weighted by molar-refractivity contribution is 0.989. The summed E-state index contributed by atoms with van der Waals surface area (Å²) >= 11 is 0. The first-order valence-electron chi connectivity index (χ1n) is 23.1. The SMILES string of the molecule is C1=Cc2c(ccc3nc(-c4ccccc4)cc(-c4ccc(-c5ccc(-c6ccc7c(-c8ccc9ccccc9c8)c8ccccc8c(-c8ccc9ccccc9c8)c7c6)cc5)cc4)c23)CC1. The molecule has 1 heteroatoms. The third kappa shape index (κ3) is 6.51. The van der Waals surface area contributed by atoms with Gasteiger partial charge in [-0.2, -0.15) is 0 Å². The first-order chi connectivity index (χ1) is 32.7. The number of hydrogen-bond acceptors (Lipinski definition) is 1. The van der Waals surface area contributed by atoms with E-state index in [0.717, 1.165) is 29.6 Å². The Bertz CT molecular complexity index is 3900. The monoisotopic (exact) mass is 837 g/mol. The van der Waals surface area contributed by atoms with Crippen LogP contribution in [0.1, 0.15) is 17.5 Å². The third-order valence-electron chi connectivity index (χ3n) is 13.9. The number of fused-ring (bicyclic) bond motifs is 7. The van der Waals surface area contributed by atoms with Gasteiger partial charge in [0.25, 0.3) is 0 Å². The van der Waals surface area contributed by atoms with Crippen LogP contribution in [0.4, 0.5) is 0 Å². The maximum absolute atomic E-state index is 5.19. The number of benzene rings is 11. The van der Waals surface area contributed by atoms with E-state index in [-0.39, 0.29) is 0 Å². The molecular weight excluding hydrogens is 795 g/mol. The van der Waals surface area contributed by atoms with Crippen molar-refractivity contribution in [2.24, 2.45) is 0 Å². The minimum Gasteiger partial charge on any atom is -0.248 e. The number of pyridine rings is 1. The predicted octanol–water partition coefficient (Wildman–Crippen LogP) is 17.8. The summed E-state index contributed by atoms with van der Waals surface area (Å²) < 4.78 is 0. The van der Waals surface area contributed by atoms with Crippen molar-refractivity contribution in [1.82, 2.24) is 4.98 Å². The smallest absolute Gasteiger partial charge is 0.0722 e. The van der Waals surface area contributed by atoms with Gasteiger partial charge in [0.2, 0.25) is 0 Å². The Kier molecular flexibility index (Phi) is 9.06. The van der Waals surface area contributed by atoms with Gasteiger partial charge in [0.1, 0.15) is 0 Å². The highest BCUT2D eigenvalue weighted by Crippen LogP contribution is 2.46. The lowest BCUT2D eigenvalue weighted by atomic mass is 9.84. The second-order valence-corrected chi connectivity index (χ2v) is 17.7. The van der Waals surface area contributed by atoms with E-state index in [1.54, 1.807) is 0 Å². The molecule has 0 fully saturated rings. The minimum atomic E-state index is 0.994. The molecule has 0 atom stereocenters. The number of aromatic nitrogens is 1. The minimum absolute atomic E-state index is 0.994. The molecule has 1 aliphatic carbocycles. The van der Waals surface area contributed by atoms with Gasteiger partial charge in [0.05, 0.1) is 11.2 Å². The van der Waals surface area contributed by atoms with E-state index >= 15 is 0 Å². The molecule has 66 heavy (non-hydrogen) atoms. The van der Waals surface area contributed by atoms with Gasteiger partial charge in [-0.25, -0.2) is 4.98 Å². The van der Waals surface area contributed by atoms with Crippen molar-refractivity contribution in [2.45, 2.75) is 12.8 Å². The highest BCUT2D eigenvalue weighted by Gasteiger charge is 2.20. The normalized spacial score (nSPS) is 12.4. The summed E-state index contributed by atoms with van der Waals surface area (Å²) in [5, 5.41) is 11.2. The van der Waals surface area contributed by atoms with Crippen LogP contribution in [0, 0.1) is 0 Å². The predicted molar refractivity (Wildman–Crippen MR) is 282 cm³/mol. The van der Waals surface area contributed by atoms with Crippen molar-refractivity contribution in [1.29, 1.82) is 0 Å². The quantitative estimate of drug-likeness (QED) is 0.152. The zero-order chi connectivity index (χ0) is 43.6. The van der Waals surface area contributed by atoms with Crippen LogP contribution in [0.15, 0.2) is 231 Å². The number of hydrogen-bond donors (Lipinski definition) is 0. The Morgan fingerprint density at radius 2 is 0.848 bits per heavy atom. The molecule has 0 bridgehead atoms. The second kappa shape index (κ2) is 15.7. The fraction of sp³-hybridized carbons (Fsp3) is 0.0308. The van der Waals surface area contributed by atoms with Gasteiger partial charge >= 0.3 is 0 Å². The largest absolute Gasteiger partial charge is 0.248 e. The van der Waals surface area contributed by atoms with E-state index < -0.39 is 0 Å². The molecule has 0 saturated carbocycles. The summed E-state index contributed by atoms with van der Waals surface area (Å²) in [6, 6.07) is 82.8. The topological polar surface area (TPSA) is 12.9 Å². The van der Waals surface area contributed by atoms with E-state index in [2.05, 4.69) is 237 Å². The number of allylic oxidation sites excluding steroid dienone is 1. The van der Waals surface area contributed by atoms with E-state index in [9.17, 15) is 0 Å². The highest BCUT2D eigenvalue weighted by atomic mass is 14.7. The molecule has 1 nitrogen and oxygen atoms in total. The van der Waals surface area contributed by atoms with Crippen molar-refractivity contribution in [3.8, 4) is 66.9 Å². The lowest BCUT2D eigenvalue weighted by Crippen LogP contribution is -1.98. The Morgan fingerprint density at radius 1 is 0.333 bits per heavy atom. The van der Waals surface area contributed by atoms with Gasteiger partial charge < -0.3 is 0 Å². The van der Waals surface area contributed by atoms with Gasteiger partial charge in [-0.05, 0) is 153 Å². The standard InChI is InChI=1S/C65H43N/c1-2-15-49(16-3-1)62-41-59(65-55-19-9-8-14-47(55)35-37-61(65)66-62)48-30-26-45(27-31-48)44-22-24-46(25-23-44)52-34-36-58-60(40-52)64(54-33-29-43-13-5-7-18-51(43)39-54)57-21-11-10-20-56(57)63(58)53-32-28-42-12-4-6-17-50(42)38-53/h1-7,9-13,15-41H,8,14H2. The van der Waals surface area contributed by atoms with Crippen LogP contribution in [0.2, 0.25) is 0 Å². The van der Waals surface area contributed by atoms with Crippen molar-refractivity contribution in [3.05, 3.63) is 242 Å². The van der Waals surface area contributed by atoms with Crippen molar-refractivity contribution < 1.29 is 0 Å². The molecule has 12 aromatic rings. The molecular formula is C65H43N. The van der Waals surface area contributed by atoms with Gasteiger partial charge in [-0.3, -0.25) is 0 Å². The van der Waals surface area contributed by atoms with Gasteiger partial charge in [0.15, 0.2) is 0 Å². The average Bonchev–Trinajstić information content (AvgIpc) is 3.39. The molecule has 1 heterocycles. The molecule has 1 aliphatic rings. The first-order valence-corrected chi connectivity index (χ1v) is 23.1. The Balaban J connectivity index is 0.917. The molecule has 0 N–H and O–H groups in total. The summed E-state index contributed by atoms with van der Waals surface area (Å²) in [6.07, 6.45) is 6.74. The van der Waals surface area contributed by atoms with Crippen molar-refractivity contribution >= 4 is 60.1 Å². The molecule has 0 unspecified atom stereocenters. The highest BCUT2D eigenvalue weighted by molar-refractivity contribution is 6.22. The molecule has 1 aromatic heterocycles. The van der Waals surface area contributed by atoms with Crippen LogP contribution in [0.5, 0.6) is 0 Å². The van der Waals surface area contributed by atoms with Crippen LogP contribution in [-0.4, -0.2) is 4.98 Å². The van der Waals surface area contributed by atoms with Crippen molar-refractivity contribution in [2.75, 3.05) is 0 Å². The second-order valence-electron chi connectivity index (χ2n) is 17.7. The van der Waals surface area contributed by atoms with E-state index in [4.69, 9.17) is 4.98 Å². The molecule has 308 valence electrons. The molecule has 0 spiro atoms. The maximum atomic E-state index is 5.19. The molecule has 0 aliphatic heterocycles. The van der Waals surface area contributed by atoms with Crippen LogP contribution in [-0.2, 0) is 6.42 Å². The third-order valence-corrected chi connectivity index (χ3v) is 13.9. The first kappa shape index (κ1) is 38.1. The lowest BCUT2D eigenvalue weighted by Gasteiger charge is -2.19. The van der Waals surface area contributed by atoms with Gasteiger partial charge in [0, 0.05) is 10.9 Å². The molecule has 0 saturated heterocycles.